The van der Waals surface area contributed by atoms with Crippen molar-refractivity contribution in [3.63, 3.8) is 0 Å². The van der Waals surface area contributed by atoms with Gasteiger partial charge in [0.1, 0.15) is 11.6 Å². The fourth-order valence-electron chi connectivity index (χ4n) is 4.52. The Morgan fingerprint density at radius 2 is 1.98 bits per heavy atom. The number of amides is 1. The third kappa shape index (κ3) is 7.25. The molecule has 0 spiro atoms. The number of likely N-dealkylation sites (N-methyl/N-ethyl adjacent to an activating group) is 1. The number of aryl methyl sites for hydroxylation is 1. The maximum atomic E-state index is 14.4. The van der Waals surface area contributed by atoms with E-state index in [2.05, 4.69) is 27.1 Å². The summed E-state index contributed by atoms with van der Waals surface area (Å²) in [7, 11) is 3.20. The highest BCUT2D eigenvalue weighted by atomic mass is 19.1. The summed E-state index contributed by atoms with van der Waals surface area (Å²) in [6, 6.07) is 5.39. The third-order valence-electron chi connectivity index (χ3n) is 6.79. The average molecular weight is 551 g/mol. The third-order valence-corrected chi connectivity index (χ3v) is 6.79. The molecule has 2 aromatic heterocycles. The number of azo groups is 1. The van der Waals surface area contributed by atoms with Gasteiger partial charge in [0.2, 0.25) is 0 Å². The van der Waals surface area contributed by atoms with E-state index in [1.165, 1.54) is 31.4 Å². The number of hydrogen-bond acceptors (Lipinski definition) is 6. The summed E-state index contributed by atoms with van der Waals surface area (Å²) in [5.41, 5.74) is 2.54. The lowest BCUT2D eigenvalue weighted by molar-refractivity contribution is 0.0770. The summed E-state index contributed by atoms with van der Waals surface area (Å²) in [5, 5.41) is 15.9. The van der Waals surface area contributed by atoms with Gasteiger partial charge < -0.3 is 9.42 Å². The van der Waals surface area contributed by atoms with Crippen molar-refractivity contribution >= 4 is 11.6 Å². The Morgan fingerprint density at radius 3 is 2.55 bits per heavy atom. The fourth-order valence-corrected chi connectivity index (χ4v) is 4.52. The van der Waals surface area contributed by atoms with Crippen molar-refractivity contribution in [1.29, 1.82) is 0 Å². The van der Waals surface area contributed by atoms with Crippen LogP contribution in [0, 0.1) is 17.6 Å². The number of nitrogens with zero attached hydrogens (tertiary/aromatic N) is 6. The number of allylic oxidation sites excluding steroid dienone is 3. The van der Waals surface area contributed by atoms with E-state index in [4.69, 9.17) is 4.52 Å². The quantitative estimate of drug-likeness (QED) is 0.127. The summed E-state index contributed by atoms with van der Waals surface area (Å²) in [6.07, 6.45) is 9.10. The average Bonchev–Trinajstić information content (AvgIpc) is 3.60. The van der Waals surface area contributed by atoms with E-state index in [-0.39, 0.29) is 23.1 Å². The normalized spacial score (nSPS) is 13.2. The summed E-state index contributed by atoms with van der Waals surface area (Å²) in [5.74, 6) is -1.10. The van der Waals surface area contributed by atoms with E-state index in [1.54, 1.807) is 35.0 Å². The molecule has 10 heteroatoms. The van der Waals surface area contributed by atoms with Gasteiger partial charge in [-0.05, 0) is 62.8 Å². The number of aromatic nitrogens is 3. The second-order valence-corrected chi connectivity index (χ2v) is 9.35. The van der Waals surface area contributed by atoms with E-state index in [0.29, 0.717) is 42.1 Å². The molecule has 0 N–H and O–H groups in total. The standard InChI is InChI=1S/C30H36F2N6O2/c1-7-21(18-38(9-3)30(39)29-23(19-37(6)36-29)27-15-16-34-40-27)13-14-22(8-2)20(4)17-26(35-33-5)28-24(31)11-10-12-25(28)32/h7,10-12,15-17,19,22H,4,8-9,13-14,18H2,1-3,5-6H3/b21-7-,26-17-,35-33-. The number of benzene rings is 1. The van der Waals surface area contributed by atoms with Gasteiger partial charge in [0.15, 0.2) is 11.5 Å². The minimum absolute atomic E-state index is 0.0338. The smallest absolute Gasteiger partial charge is 0.275 e. The molecular weight excluding hydrogens is 514 g/mol. The molecule has 0 aliphatic carbocycles. The molecule has 212 valence electrons. The second-order valence-electron chi connectivity index (χ2n) is 9.35. The van der Waals surface area contributed by atoms with Crippen LogP contribution in [0.2, 0.25) is 0 Å². The Bertz CT molecular complexity index is 1390. The molecule has 1 aromatic carbocycles. The van der Waals surface area contributed by atoms with Crippen LogP contribution in [0.25, 0.3) is 17.0 Å². The van der Waals surface area contributed by atoms with Crippen LogP contribution in [0.15, 0.2) is 81.3 Å². The SMILES string of the molecule is C=C(/C=C(\N=N/C)c1c(F)cccc1F)C(CC)CC/C(=C/C)CN(CC)C(=O)c1nn(C)cc1-c1ccno1. The highest BCUT2D eigenvalue weighted by Crippen LogP contribution is 2.30. The lowest BCUT2D eigenvalue weighted by atomic mass is 9.89. The molecule has 0 fully saturated rings. The topological polar surface area (TPSA) is 88.9 Å². The van der Waals surface area contributed by atoms with Crippen molar-refractivity contribution in [2.75, 3.05) is 20.1 Å². The minimum Gasteiger partial charge on any atom is -0.356 e. The predicted octanol–water partition coefficient (Wildman–Crippen LogP) is 7.25. The Morgan fingerprint density at radius 1 is 1.25 bits per heavy atom. The zero-order valence-corrected chi connectivity index (χ0v) is 23.7. The van der Waals surface area contributed by atoms with Crippen LogP contribution in [0.3, 0.4) is 0 Å². The Labute approximate surface area is 233 Å². The molecule has 3 aromatic rings. The Balaban J connectivity index is 1.73. The first-order valence-electron chi connectivity index (χ1n) is 13.3. The van der Waals surface area contributed by atoms with Crippen molar-refractivity contribution in [1.82, 2.24) is 19.8 Å². The molecule has 3 rings (SSSR count). The molecule has 0 radical (unpaired) electrons. The molecule has 40 heavy (non-hydrogen) atoms. The summed E-state index contributed by atoms with van der Waals surface area (Å²) in [6.45, 7) is 11.0. The molecule has 1 unspecified atom stereocenters. The first kappa shape index (κ1) is 30.3. The number of carbonyl (C=O) groups excluding carboxylic acids is 1. The molecular formula is C30H36F2N6O2. The molecule has 8 nitrogen and oxygen atoms in total. The van der Waals surface area contributed by atoms with Crippen LogP contribution in [0.1, 0.15) is 56.1 Å². The van der Waals surface area contributed by atoms with Crippen molar-refractivity contribution < 1.29 is 18.1 Å². The van der Waals surface area contributed by atoms with Crippen LogP contribution < -0.4 is 0 Å². The van der Waals surface area contributed by atoms with E-state index in [0.717, 1.165) is 18.4 Å². The molecule has 1 amide bonds. The molecule has 0 saturated carbocycles. The zero-order chi connectivity index (χ0) is 29.2. The van der Waals surface area contributed by atoms with Gasteiger partial charge in [-0.3, -0.25) is 9.48 Å². The van der Waals surface area contributed by atoms with Gasteiger partial charge in [0.05, 0.1) is 23.0 Å². The van der Waals surface area contributed by atoms with E-state index in [9.17, 15) is 13.6 Å². The van der Waals surface area contributed by atoms with Gasteiger partial charge in [-0.15, -0.1) is 0 Å². The summed E-state index contributed by atoms with van der Waals surface area (Å²) < 4.78 is 35.7. The largest absolute Gasteiger partial charge is 0.356 e. The Kier molecular flexibility index (Phi) is 10.8. The van der Waals surface area contributed by atoms with Gasteiger partial charge in [-0.25, -0.2) is 8.78 Å². The maximum Gasteiger partial charge on any atom is 0.275 e. The van der Waals surface area contributed by atoms with E-state index >= 15 is 0 Å². The number of hydrogen-bond donors (Lipinski definition) is 0. The molecule has 0 aliphatic heterocycles. The van der Waals surface area contributed by atoms with Gasteiger partial charge in [0.25, 0.3) is 5.91 Å². The number of rotatable bonds is 13. The highest BCUT2D eigenvalue weighted by Gasteiger charge is 2.25. The molecule has 0 aliphatic rings. The monoisotopic (exact) mass is 550 g/mol. The van der Waals surface area contributed by atoms with Gasteiger partial charge >= 0.3 is 0 Å². The van der Waals surface area contributed by atoms with E-state index in [1.807, 2.05) is 26.8 Å². The van der Waals surface area contributed by atoms with Crippen LogP contribution in [0.5, 0.6) is 0 Å². The van der Waals surface area contributed by atoms with Crippen LogP contribution in [-0.4, -0.2) is 45.9 Å². The first-order valence-corrected chi connectivity index (χ1v) is 13.3. The predicted molar refractivity (Wildman–Crippen MR) is 151 cm³/mol. The second kappa shape index (κ2) is 14.3. The van der Waals surface area contributed by atoms with Gasteiger partial charge in [-0.2, -0.15) is 15.3 Å². The van der Waals surface area contributed by atoms with Gasteiger partial charge in [-0.1, -0.05) is 36.4 Å². The van der Waals surface area contributed by atoms with Crippen LogP contribution in [-0.2, 0) is 7.05 Å². The number of halogens is 2. The lowest BCUT2D eigenvalue weighted by Gasteiger charge is -2.23. The summed E-state index contributed by atoms with van der Waals surface area (Å²) in [4.78, 5) is 15.2. The highest BCUT2D eigenvalue weighted by molar-refractivity contribution is 5.98. The van der Waals surface area contributed by atoms with Crippen LogP contribution in [0.4, 0.5) is 8.78 Å². The van der Waals surface area contributed by atoms with Gasteiger partial charge in [0, 0.05) is 39.4 Å². The maximum absolute atomic E-state index is 14.4. The minimum atomic E-state index is -0.709. The molecule has 0 bridgehead atoms. The lowest BCUT2D eigenvalue weighted by Crippen LogP contribution is -2.33. The zero-order valence-electron chi connectivity index (χ0n) is 23.7. The Hall–Kier alpha value is -4.21. The molecule has 1 atom stereocenters. The number of carbonyl (C=O) groups is 1. The molecule has 0 saturated heterocycles. The first-order chi connectivity index (χ1) is 19.2. The van der Waals surface area contributed by atoms with Crippen LogP contribution >= 0.6 is 0 Å². The van der Waals surface area contributed by atoms with Crippen molar-refractivity contribution in [2.24, 2.45) is 23.2 Å². The molecule has 2 heterocycles. The summed E-state index contributed by atoms with van der Waals surface area (Å²) >= 11 is 0. The van der Waals surface area contributed by atoms with Crippen molar-refractivity contribution in [2.45, 2.75) is 40.0 Å². The van der Waals surface area contributed by atoms with Crippen molar-refractivity contribution in [3.8, 4) is 11.3 Å². The van der Waals surface area contributed by atoms with Crippen molar-refractivity contribution in [3.05, 3.63) is 89.4 Å². The fraction of sp³-hybridized carbons (Fsp3) is 0.367. The van der Waals surface area contributed by atoms with E-state index < -0.39 is 11.6 Å².